The van der Waals surface area contributed by atoms with Crippen molar-refractivity contribution in [3.63, 3.8) is 0 Å². The van der Waals surface area contributed by atoms with E-state index in [0.29, 0.717) is 6.61 Å². The second-order valence-electron chi connectivity index (χ2n) is 5.69. The summed E-state index contributed by atoms with van der Waals surface area (Å²) in [6.07, 6.45) is 3.63. The molecule has 0 aromatic heterocycles. The summed E-state index contributed by atoms with van der Waals surface area (Å²) in [6.45, 7) is 2.85. The van der Waals surface area contributed by atoms with E-state index < -0.39 is 0 Å². The van der Waals surface area contributed by atoms with E-state index in [9.17, 15) is 0 Å². The number of unbranched alkanes of at least 4 members (excludes halogenated alkanes) is 1. The van der Waals surface area contributed by atoms with Gasteiger partial charge in [0.15, 0.2) is 0 Å². The second kappa shape index (κ2) is 7.13. The minimum Gasteiger partial charge on any atom is -0.488 e. The Kier molecular flexibility index (Phi) is 4.75. The summed E-state index contributed by atoms with van der Waals surface area (Å²) >= 11 is 0. The lowest BCUT2D eigenvalue weighted by molar-refractivity contribution is 0.310. The van der Waals surface area contributed by atoms with Crippen molar-refractivity contribution in [1.29, 1.82) is 0 Å². The summed E-state index contributed by atoms with van der Waals surface area (Å²) in [5.74, 6) is 0.956. The molecule has 3 rings (SSSR count). The number of rotatable bonds is 6. The minimum absolute atomic E-state index is 0.619. The molecule has 0 amide bonds. The SMILES string of the molecule is CCCCc1cccc(COc2cccc3ccccc23)c1. The van der Waals surface area contributed by atoms with E-state index in [1.165, 1.54) is 34.7 Å². The van der Waals surface area contributed by atoms with Crippen LogP contribution in [0.2, 0.25) is 0 Å². The van der Waals surface area contributed by atoms with Crippen LogP contribution in [0.15, 0.2) is 66.7 Å². The van der Waals surface area contributed by atoms with Crippen LogP contribution in [0, 0.1) is 0 Å². The molecule has 0 saturated carbocycles. The lowest BCUT2D eigenvalue weighted by atomic mass is 10.1. The first kappa shape index (κ1) is 14.6. The van der Waals surface area contributed by atoms with E-state index in [-0.39, 0.29) is 0 Å². The summed E-state index contributed by atoms with van der Waals surface area (Å²) in [5.41, 5.74) is 2.64. The number of ether oxygens (including phenoxy) is 1. The van der Waals surface area contributed by atoms with Crippen LogP contribution in [-0.4, -0.2) is 0 Å². The summed E-state index contributed by atoms with van der Waals surface area (Å²) in [6, 6.07) is 23.3. The molecule has 3 aromatic carbocycles. The Morgan fingerprint density at radius 3 is 2.50 bits per heavy atom. The van der Waals surface area contributed by atoms with Gasteiger partial charge >= 0.3 is 0 Å². The molecule has 22 heavy (non-hydrogen) atoms. The van der Waals surface area contributed by atoms with Crippen LogP contribution in [-0.2, 0) is 13.0 Å². The van der Waals surface area contributed by atoms with E-state index in [0.717, 1.165) is 12.2 Å². The van der Waals surface area contributed by atoms with Gasteiger partial charge < -0.3 is 4.74 Å². The summed E-state index contributed by atoms with van der Waals surface area (Å²) < 4.78 is 6.06. The van der Waals surface area contributed by atoms with E-state index in [4.69, 9.17) is 4.74 Å². The van der Waals surface area contributed by atoms with Gasteiger partial charge in [0.25, 0.3) is 0 Å². The first-order valence-corrected chi connectivity index (χ1v) is 8.05. The molecule has 0 radical (unpaired) electrons. The third kappa shape index (κ3) is 3.48. The number of benzene rings is 3. The monoisotopic (exact) mass is 290 g/mol. The Morgan fingerprint density at radius 2 is 1.59 bits per heavy atom. The highest BCUT2D eigenvalue weighted by molar-refractivity contribution is 5.88. The third-order valence-corrected chi connectivity index (χ3v) is 3.95. The Labute approximate surface area is 132 Å². The molecular formula is C21H22O. The fraction of sp³-hybridized carbons (Fsp3) is 0.238. The van der Waals surface area contributed by atoms with Crippen LogP contribution < -0.4 is 4.74 Å². The van der Waals surface area contributed by atoms with Crippen molar-refractivity contribution in [3.8, 4) is 5.75 Å². The highest BCUT2D eigenvalue weighted by Gasteiger charge is 2.02. The topological polar surface area (TPSA) is 9.23 Å². The van der Waals surface area contributed by atoms with Gasteiger partial charge in [0.05, 0.1) is 0 Å². The summed E-state index contributed by atoms with van der Waals surface area (Å²) in [4.78, 5) is 0. The maximum Gasteiger partial charge on any atom is 0.127 e. The third-order valence-electron chi connectivity index (χ3n) is 3.95. The zero-order chi connectivity index (χ0) is 15.2. The zero-order valence-corrected chi connectivity index (χ0v) is 13.1. The van der Waals surface area contributed by atoms with E-state index in [1.807, 2.05) is 6.07 Å². The predicted molar refractivity (Wildman–Crippen MR) is 93.3 cm³/mol. The van der Waals surface area contributed by atoms with Crippen molar-refractivity contribution in [2.45, 2.75) is 32.8 Å². The van der Waals surface area contributed by atoms with Gasteiger partial charge in [-0.1, -0.05) is 74.0 Å². The lowest BCUT2D eigenvalue weighted by Crippen LogP contribution is -1.97. The molecule has 0 aliphatic rings. The number of aryl methyl sites for hydroxylation is 1. The highest BCUT2D eigenvalue weighted by atomic mass is 16.5. The zero-order valence-electron chi connectivity index (χ0n) is 13.1. The van der Waals surface area contributed by atoms with Gasteiger partial charge in [-0.3, -0.25) is 0 Å². The summed E-state index contributed by atoms with van der Waals surface area (Å²) in [7, 11) is 0. The van der Waals surface area contributed by atoms with Crippen molar-refractivity contribution in [2.24, 2.45) is 0 Å². The van der Waals surface area contributed by atoms with Gasteiger partial charge in [-0.15, -0.1) is 0 Å². The van der Waals surface area contributed by atoms with Crippen molar-refractivity contribution in [2.75, 3.05) is 0 Å². The van der Waals surface area contributed by atoms with Gasteiger partial charge in [0.2, 0.25) is 0 Å². The van der Waals surface area contributed by atoms with E-state index in [2.05, 4.69) is 67.6 Å². The van der Waals surface area contributed by atoms with E-state index >= 15 is 0 Å². The standard InChI is InChI=1S/C21H22O/c1-2-3-8-17-9-6-10-18(15-17)16-22-21-14-7-12-19-11-4-5-13-20(19)21/h4-7,9-15H,2-3,8,16H2,1H3. The lowest BCUT2D eigenvalue weighted by Gasteiger charge is -2.10. The number of fused-ring (bicyclic) bond motifs is 1. The second-order valence-corrected chi connectivity index (χ2v) is 5.69. The molecule has 3 aromatic rings. The predicted octanol–water partition coefficient (Wildman–Crippen LogP) is 5.76. The quantitative estimate of drug-likeness (QED) is 0.560. The molecule has 0 aliphatic heterocycles. The molecule has 0 bridgehead atoms. The van der Waals surface area contributed by atoms with E-state index in [1.54, 1.807) is 0 Å². The largest absolute Gasteiger partial charge is 0.488 e. The average molecular weight is 290 g/mol. The van der Waals surface area contributed by atoms with Crippen molar-refractivity contribution >= 4 is 10.8 Å². The molecule has 0 unspecified atom stereocenters. The van der Waals surface area contributed by atoms with Gasteiger partial charge in [-0.2, -0.15) is 0 Å². The first-order valence-electron chi connectivity index (χ1n) is 8.05. The van der Waals surface area contributed by atoms with Gasteiger partial charge in [0, 0.05) is 5.39 Å². The molecule has 1 heteroatoms. The van der Waals surface area contributed by atoms with Crippen LogP contribution in [0.4, 0.5) is 0 Å². The highest BCUT2D eigenvalue weighted by Crippen LogP contribution is 2.26. The van der Waals surface area contributed by atoms with Gasteiger partial charge in [0.1, 0.15) is 12.4 Å². The molecule has 1 nitrogen and oxygen atoms in total. The first-order chi connectivity index (χ1) is 10.9. The molecule has 0 saturated heterocycles. The fourth-order valence-corrected chi connectivity index (χ4v) is 2.74. The number of hydrogen-bond donors (Lipinski definition) is 0. The Balaban J connectivity index is 1.74. The maximum absolute atomic E-state index is 6.06. The van der Waals surface area contributed by atoms with Crippen molar-refractivity contribution in [3.05, 3.63) is 77.9 Å². The average Bonchev–Trinajstić information content (AvgIpc) is 2.58. The molecular weight excluding hydrogens is 268 g/mol. The normalized spacial score (nSPS) is 10.8. The van der Waals surface area contributed by atoms with Crippen LogP contribution in [0.1, 0.15) is 30.9 Å². The van der Waals surface area contributed by atoms with Gasteiger partial charge in [-0.05, 0) is 35.4 Å². The molecule has 0 atom stereocenters. The molecule has 0 heterocycles. The molecule has 112 valence electrons. The Bertz CT molecular complexity index is 740. The van der Waals surface area contributed by atoms with Crippen LogP contribution in [0.25, 0.3) is 10.8 Å². The van der Waals surface area contributed by atoms with Gasteiger partial charge in [-0.25, -0.2) is 0 Å². The molecule has 0 spiro atoms. The Hall–Kier alpha value is -2.28. The number of hydrogen-bond acceptors (Lipinski definition) is 1. The van der Waals surface area contributed by atoms with Crippen LogP contribution >= 0.6 is 0 Å². The summed E-state index contributed by atoms with van der Waals surface area (Å²) in [5, 5.41) is 2.39. The van der Waals surface area contributed by atoms with Crippen LogP contribution in [0.5, 0.6) is 5.75 Å². The van der Waals surface area contributed by atoms with Crippen molar-refractivity contribution < 1.29 is 4.74 Å². The molecule has 0 N–H and O–H groups in total. The Morgan fingerprint density at radius 1 is 0.818 bits per heavy atom. The van der Waals surface area contributed by atoms with Crippen molar-refractivity contribution in [1.82, 2.24) is 0 Å². The smallest absolute Gasteiger partial charge is 0.127 e. The minimum atomic E-state index is 0.619. The maximum atomic E-state index is 6.06. The fourth-order valence-electron chi connectivity index (χ4n) is 2.74. The molecule has 0 aliphatic carbocycles. The van der Waals surface area contributed by atoms with Crippen LogP contribution in [0.3, 0.4) is 0 Å². The molecule has 0 fully saturated rings.